The van der Waals surface area contributed by atoms with E-state index in [9.17, 15) is 0 Å². The number of hydrogen-bond donors (Lipinski definition) is 0. The van der Waals surface area contributed by atoms with Crippen molar-refractivity contribution in [3.8, 4) is 0 Å². The quantitative estimate of drug-likeness (QED) is 0.443. The molecule has 0 heterocycles. The summed E-state index contributed by atoms with van der Waals surface area (Å²) in [7, 11) is 7.66. The Labute approximate surface area is 154 Å². The van der Waals surface area contributed by atoms with E-state index in [-0.39, 0.29) is 24.8 Å². The summed E-state index contributed by atoms with van der Waals surface area (Å²) < 4.78 is 4.45. The van der Waals surface area contributed by atoms with Gasteiger partial charge in [-0.25, -0.2) is 0 Å². The molecule has 0 radical (unpaired) electrons. The van der Waals surface area contributed by atoms with Gasteiger partial charge in [-0.05, 0) is 0 Å². The summed E-state index contributed by atoms with van der Waals surface area (Å²) in [5.41, 5.74) is 4.53. The predicted molar refractivity (Wildman–Crippen MR) is 106 cm³/mol. The number of halogens is 3. The fourth-order valence-electron chi connectivity index (χ4n) is 4.15. The third-order valence-corrected chi connectivity index (χ3v) is 29.7. The first kappa shape index (κ1) is 22.9. The molecule has 126 valence electrons. The average Bonchev–Trinajstić information content (AvgIpc) is 2.96. The Morgan fingerprint density at radius 2 is 1.82 bits per heavy atom. The minimum Gasteiger partial charge on any atom is -0.147 e. The Hall–Kier alpha value is 0.930. The van der Waals surface area contributed by atoms with Crippen molar-refractivity contribution in [1.29, 1.82) is 0 Å². The monoisotopic (exact) mass is 456 g/mol. The van der Waals surface area contributed by atoms with Gasteiger partial charge in [0, 0.05) is 0 Å². The van der Waals surface area contributed by atoms with Gasteiger partial charge >= 0.3 is 131 Å². The Morgan fingerprint density at radius 3 is 2.18 bits per heavy atom. The molecule has 0 spiro atoms. The molecule has 0 aromatic carbocycles. The van der Waals surface area contributed by atoms with E-state index in [1.165, 1.54) is 27.3 Å². The van der Waals surface area contributed by atoms with Crippen LogP contribution in [0.3, 0.4) is 0 Å². The molecule has 1 unspecified atom stereocenters. The van der Waals surface area contributed by atoms with E-state index in [1.54, 1.807) is 6.56 Å². The SMILES string of the molecule is CC[CH2][Zr](=[SiH2])([Cl])([C]1=CC=CC1)[C]1=C(C)C(C)=C(C)C1C.Cl.Cl. The second kappa shape index (κ2) is 7.87. The summed E-state index contributed by atoms with van der Waals surface area (Å²) in [6.07, 6.45) is 9.09. The van der Waals surface area contributed by atoms with Crippen LogP contribution in [0, 0.1) is 5.92 Å². The number of rotatable bonds is 4. The maximum Gasteiger partial charge on any atom is -0.147 e. The van der Waals surface area contributed by atoms with E-state index in [2.05, 4.69) is 59.7 Å². The van der Waals surface area contributed by atoms with Crippen LogP contribution in [0.25, 0.3) is 0 Å². The maximum atomic E-state index is 7.66. The zero-order chi connectivity index (χ0) is 15.2. The van der Waals surface area contributed by atoms with Crippen molar-refractivity contribution in [1.82, 2.24) is 0 Å². The van der Waals surface area contributed by atoms with Gasteiger partial charge in [0.2, 0.25) is 0 Å². The summed E-state index contributed by atoms with van der Waals surface area (Å²) in [4.78, 5) is 0. The third-order valence-electron chi connectivity index (χ3n) is 5.54. The molecule has 0 aromatic rings. The second-order valence-corrected chi connectivity index (χ2v) is 35.7. The maximum absolute atomic E-state index is 7.66. The topological polar surface area (TPSA) is 0 Å². The Balaban J connectivity index is 0.00000220. The summed E-state index contributed by atoms with van der Waals surface area (Å²) in [5.74, 6) is 0.545. The van der Waals surface area contributed by atoms with Gasteiger partial charge in [-0.3, -0.25) is 0 Å². The van der Waals surface area contributed by atoms with E-state index < -0.39 is 16.2 Å². The van der Waals surface area contributed by atoms with Crippen LogP contribution < -0.4 is 0 Å². The van der Waals surface area contributed by atoms with Crippen molar-refractivity contribution in [2.75, 3.05) is 0 Å². The van der Waals surface area contributed by atoms with Gasteiger partial charge in [-0.15, -0.1) is 24.8 Å². The van der Waals surface area contributed by atoms with Gasteiger partial charge in [0.1, 0.15) is 0 Å². The first-order valence-corrected chi connectivity index (χ1v) is 21.0. The first-order chi connectivity index (χ1) is 9.23. The van der Waals surface area contributed by atoms with Gasteiger partial charge in [0.15, 0.2) is 0 Å². The minimum absolute atomic E-state index is 0. The molecular formula is C17H29Cl3SiZr. The molecule has 0 saturated carbocycles. The molecule has 1 atom stereocenters. The fourth-order valence-corrected chi connectivity index (χ4v) is 28.0. The van der Waals surface area contributed by atoms with Crippen LogP contribution in [0.15, 0.2) is 41.5 Å². The molecule has 0 saturated heterocycles. The standard InChI is InChI=1S/C9H13.C5H5.C3H7.3ClH.H2Si.Zr/c1-6-5-7(2)9(4)8(6)3;1-2-4-5-3-1;1-3-2;;;;;/h6H,1-4H3;1-3H,4H2;1,3H2,2H3;3*1H;1H2;/q;;;;;;;+1/p-1. The molecule has 0 N–H and O–H groups in total. The zero-order valence-electron chi connectivity index (χ0n) is 14.3. The van der Waals surface area contributed by atoms with Crippen LogP contribution in [-0.4, -0.2) is 6.88 Å². The summed E-state index contributed by atoms with van der Waals surface area (Å²) in [6.45, 7) is 13.7. The van der Waals surface area contributed by atoms with Crippen LogP contribution in [0.1, 0.15) is 47.5 Å². The van der Waals surface area contributed by atoms with Crippen LogP contribution >= 0.6 is 33.3 Å². The van der Waals surface area contributed by atoms with Crippen molar-refractivity contribution in [3.05, 3.63) is 41.5 Å². The molecular weight excluding hydrogens is 430 g/mol. The molecule has 0 aliphatic heterocycles. The molecule has 0 aromatic heterocycles. The third kappa shape index (κ3) is 3.47. The molecule has 0 amide bonds. The summed E-state index contributed by atoms with van der Waals surface area (Å²) in [5, 5.41) is 0. The Kier molecular flexibility index (Phi) is 8.21. The van der Waals surface area contributed by atoms with E-state index in [0.717, 1.165) is 6.42 Å². The van der Waals surface area contributed by atoms with Crippen molar-refractivity contribution in [2.45, 2.75) is 51.6 Å². The van der Waals surface area contributed by atoms with E-state index >= 15 is 0 Å². The van der Waals surface area contributed by atoms with Crippen LogP contribution in [0.2, 0.25) is 4.13 Å². The smallest absolute Gasteiger partial charge is 0.147 e. The van der Waals surface area contributed by atoms with E-state index in [4.69, 9.17) is 8.51 Å². The number of hydrogen-bond acceptors (Lipinski definition) is 0. The van der Waals surface area contributed by atoms with Crippen molar-refractivity contribution in [2.24, 2.45) is 5.92 Å². The van der Waals surface area contributed by atoms with Crippen LogP contribution in [0.4, 0.5) is 0 Å². The van der Waals surface area contributed by atoms with Crippen molar-refractivity contribution < 1.29 is 16.2 Å². The van der Waals surface area contributed by atoms with E-state index in [1.807, 2.05) is 0 Å². The van der Waals surface area contributed by atoms with Crippen LogP contribution in [-0.2, 0) is 16.2 Å². The first-order valence-electron chi connectivity index (χ1n) is 7.73. The van der Waals surface area contributed by atoms with Gasteiger partial charge in [-0.2, -0.15) is 0 Å². The molecule has 22 heavy (non-hydrogen) atoms. The molecule has 0 bridgehead atoms. The predicted octanol–water partition coefficient (Wildman–Crippen LogP) is 6.15. The molecule has 2 rings (SSSR count). The molecule has 2 aliphatic carbocycles. The number of allylic oxidation sites excluding steroid dienone is 8. The van der Waals surface area contributed by atoms with Crippen molar-refractivity contribution >= 4 is 40.2 Å². The van der Waals surface area contributed by atoms with Gasteiger partial charge in [0.05, 0.1) is 0 Å². The normalized spacial score (nSPS) is 21.8. The minimum atomic E-state index is -3.50. The molecule has 0 nitrogen and oxygen atoms in total. The molecule has 2 aliphatic rings. The second-order valence-electron chi connectivity index (χ2n) is 6.68. The average molecular weight is 459 g/mol. The molecule has 0 fully saturated rings. The van der Waals surface area contributed by atoms with Crippen molar-refractivity contribution in [3.63, 3.8) is 0 Å². The fraction of sp³-hybridized carbons (Fsp3) is 0.529. The van der Waals surface area contributed by atoms with Gasteiger partial charge in [0.25, 0.3) is 0 Å². The Morgan fingerprint density at radius 1 is 1.23 bits per heavy atom. The Bertz CT molecular complexity index is 640. The van der Waals surface area contributed by atoms with Crippen LogP contribution in [0.5, 0.6) is 0 Å². The van der Waals surface area contributed by atoms with Gasteiger partial charge in [-0.1, -0.05) is 0 Å². The van der Waals surface area contributed by atoms with Gasteiger partial charge < -0.3 is 0 Å². The largest absolute Gasteiger partial charge is 0.147 e. The zero-order valence-corrected chi connectivity index (χ0v) is 20.6. The summed E-state index contributed by atoms with van der Waals surface area (Å²) in [6, 6.07) is 0. The van der Waals surface area contributed by atoms with E-state index in [0.29, 0.717) is 5.92 Å². The molecule has 5 heteroatoms. The summed E-state index contributed by atoms with van der Waals surface area (Å²) >= 11 is -3.50.